The molecule has 0 saturated heterocycles. The van der Waals surface area contributed by atoms with Crippen LogP contribution >= 0.6 is 0 Å². The van der Waals surface area contributed by atoms with Crippen LogP contribution in [0.2, 0.25) is 0 Å². The maximum absolute atomic E-state index is 13.3. The number of amides is 2. The summed E-state index contributed by atoms with van der Waals surface area (Å²) in [6.07, 6.45) is 0.0565. The second-order valence-electron chi connectivity index (χ2n) is 4.47. The number of anilines is 1. The van der Waals surface area contributed by atoms with E-state index in [4.69, 9.17) is 0 Å². The SMILES string of the molecule is O=C1Cc2ccccc2C(=O)N1c1ccc(F)c(F)c1. The van der Waals surface area contributed by atoms with Crippen LogP contribution < -0.4 is 4.90 Å². The minimum atomic E-state index is -1.10. The fourth-order valence-corrected chi connectivity index (χ4v) is 2.24. The van der Waals surface area contributed by atoms with Crippen molar-refractivity contribution < 1.29 is 18.4 Å². The summed E-state index contributed by atoms with van der Waals surface area (Å²) in [5.74, 6) is -3.10. The highest BCUT2D eigenvalue weighted by Crippen LogP contribution is 2.26. The van der Waals surface area contributed by atoms with Gasteiger partial charge in [-0.2, -0.15) is 0 Å². The van der Waals surface area contributed by atoms with Crippen LogP contribution in [-0.2, 0) is 11.2 Å². The zero-order chi connectivity index (χ0) is 14.3. The predicted octanol–water partition coefficient (Wildman–Crippen LogP) is 2.69. The van der Waals surface area contributed by atoms with Crippen LogP contribution in [0.4, 0.5) is 14.5 Å². The van der Waals surface area contributed by atoms with Crippen LogP contribution in [0, 0.1) is 11.6 Å². The number of halogens is 2. The molecule has 0 aliphatic carbocycles. The van der Waals surface area contributed by atoms with Crippen LogP contribution in [0.1, 0.15) is 15.9 Å². The molecule has 0 saturated carbocycles. The summed E-state index contributed by atoms with van der Waals surface area (Å²) in [4.78, 5) is 25.2. The molecular weight excluding hydrogens is 264 g/mol. The van der Waals surface area contributed by atoms with E-state index in [1.165, 1.54) is 6.07 Å². The zero-order valence-corrected chi connectivity index (χ0v) is 10.3. The van der Waals surface area contributed by atoms with E-state index in [1.54, 1.807) is 24.3 Å². The number of fused-ring (bicyclic) bond motifs is 1. The van der Waals surface area contributed by atoms with Gasteiger partial charge in [-0.25, -0.2) is 13.7 Å². The third-order valence-corrected chi connectivity index (χ3v) is 3.20. The highest BCUT2D eigenvalue weighted by Gasteiger charge is 2.32. The van der Waals surface area contributed by atoms with Gasteiger partial charge in [0.25, 0.3) is 5.91 Å². The van der Waals surface area contributed by atoms with Crippen molar-refractivity contribution in [2.24, 2.45) is 0 Å². The molecule has 2 amide bonds. The van der Waals surface area contributed by atoms with Gasteiger partial charge in [-0.05, 0) is 23.8 Å². The maximum atomic E-state index is 13.3. The summed E-state index contributed by atoms with van der Waals surface area (Å²) in [6, 6.07) is 9.69. The summed E-state index contributed by atoms with van der Waals surface area (Å²) in [5, 5.41) is 0. The van der Waals surface area contributed by atoms with Crippen molar-refractivity contribution in [2.45, 2.75) is 6.42 Å². The van der Waals surface area contributed by atoms with E-state index >= 15 is 0 Å². The van der Waals surface area contributed by atoms with E-state index in [2.05, 4.69) is 0 Å². The van der Waals surface area contributed by atoms with Crippen molar-refractivity contribution in [3.8, 4) is 0 Å². The van der Waals surface area contributed by atoms with E-state index in [1.807, 2.05) is 0 Å². The van der Waals surface area contributed by atoms with Gasteiger partial charge < -0.3 is 0 Å². The largest absolute Gasteiger partial charge is 0.274 e. The molecule has 0 fully saturated rings. The number of carbonyl (C=O) groups is 2. The topological polar surface area (TPSA) is 37.4 Å². The number of nitrogens with zero attached hydrogens (tertiary/aromatic N) is 1. The van der Waals surface area contributed by atoms with Crippen molar-refractivity contribution in [1.29, 1.82) is 0 Å². The Hall–Kier alpha value is -2.56. The number of benzene rings is 2. The lowest BCUT2D eigenvalue weighted by Gasteiger charge is -2.26. The van der Waals surface area contributed by atoms with Gasteiger partial charge in [0, 0.05) is 11.6 Å². The smallest absolute Gasteiger partial charge is 0.265 e. The van der Waals surface area contributed by atoms with Crippen LogP contribution in [0.3, 0.4) is 0 Å². The molecule has 0 unspecified atom stereocenters. The molecule has 20 heavy (non-hydrogen) atoms. The zero-order valence-electron chi connectivity index (χ0n) is 10.3. The Labute approximate surface area is 113 Å². The molecule has 0 atom stereocenters. The van der Waals surface area contributed by atoms with Crippen LogP contribution in [0.5, 0.6) is 0 Å². The maximum Gasteiger partial charge on any atom is 0.265 e. The lowest BCUT2D eigenvalue weighted by Crippen LogP contribution is -2.42. The first-order valence-corrected chi connectivity index (χ1v) is 5.98. The second kappa shape index (κ2) is 4.52. The molecule has 3 nitrogen and oxygen atoms in total. The molecule has 2 aromatic carbocycles. The van der Waals surface area contributed by atoms with Gasteiger partial charge in [0.15, 0.2) is 11.6 Å². The van der Waals surface area contributed by atoms with Gasteiger partial charge in [-0.1, -0.05) is 18.2 Å². The van der Waals surface area contributed by atoms with Crippen molar-refractivity contribution in [3.63, 3.8) is 0 Å². The van der Waals surface area contributed by atoms with Gasteiger partial charge in [0.1, 0.15) is 0 Å². The molecule has 5 heteroatoms. The highest BCUT2D eigenvalue weighted by atomic mass is 19.2. The van der Waals surface area contributed by atoms with Crippen LogP contribution in [-0.4, -0.2) is 11.8 Å². The summed E-state index contributed by atoms with van der Waals surface area (Å²) in [5.41, 5.74) is 1.08. The van der Waals surface area contributed by atoms with Crippen molar-refractivity contribution >= 4 is 17.5 Å². The molecule has 0 aromatic heterocycles. The molecule has 100 valence electrons. The molecule has 1 aliphatic rings. The molecule has 1 heterocycles. The average Bonchev–Trinajstić information content (AvgIpc) is 2.43. The molecule has 0 radical (unpaired) electrons. The van der Waals surface area contributed by atoms with E-state index in [0.29, 0.717) is 11.1 Å². The Morgan fingerprint density at radius 2 is 1.70 bits per heavy atom. The average molecular weight is 273 g/mol. The number of hydrogen-bond donors (Lipinski definition) is 0. The minimum Gasteiger partial charge on any atom is -0.274 e. The third-order valence-electron chi connectivity index (χ3n) is 3.20. The fourth-order valence-electron chi connectivity index (χ4n) is 2.24. The normalized spacial score (nSPS) is 14.4. The van der Waals surface area contributed by atoms with Gasteiger partial charge in [-0.3, -0.25) is 9.59 Å². The van der Waals surface area contributed by atoms with Crippen molar-refractivity contribution in [1.82, 2.24) is 0 Å². The fraction of sp³-hybridized carbons (Fsp3) is 0.0667. The first kappa shape index (κ1) is 12.5. The van der Waals surface area contributed by atoms with Gasteiger partial charge in [0.2, 0.25) is 5.91 Å². The van der Waals surface area contributed by atoms with E-state index in [9.17, 15) is 18.4 Å². The Kier molecular flexibility index (Phi) is 2.82. The van der Waals surface area contributed by atoms with Gasteiger partial charge in [-0.15, -0.1) is 0 Å². The van der Waals surface area contributed by atoms with Gasteiger partial charge in [0.05, 0.1) is 12.1 Å². The Morgan fingerprint density at radius 1 is 0.950 bits per heavy atom. The minimum absolute atomic E-state index is 0.0356. The quantitative estimate of drug-likeness (QED) is 0.749. The van der Waals surface area contributed by atoms with Gasteiger partial charge >= 0.3 is 0 Å². The Bertz CT molecular complexity index is 728. The standard InChI is InChI=1S/C15H9F2NO2/c16-12-6-5-10(8-13(12)17)18-14(19)7-9-3-1-2-4-11(9)15(18)20/h1-6,8H,7H2. The monoisotopic (exact) mass is 273 g/mol. The summed E-state index contributed by atoms with van der Waals surface area (Å²) >= 11 is 0. The number of carbonyl (C=O) groups excluding carboxylic acids is 2. The third kappa shape index (κ3) is 1.87. The summed E-state index contributed by atoms with van der Waals surface area (Å²) in [6.45, 7) is 0. The lowest BCUT2D eigenvalue weighted by molar-refractivity contribution is -0.117. The second-order valence-corrected chi connectivity index (χ2v) is 4.47. The highest BCUT2D eigenvalue weighted by molar-refractivity contribution is 6.24. The van der Waals surface area contributed by atoms with E-state index < -0.39 is 23.4 Å². The van der Waals surface area contributed by atoms with E-state index in [-0.39, 0.29) is 12.1 Å². The molecule has 2 aromatic rings. The summed E-state index contributed by atoms with van der Waals surface area (Å²) in [7, 11) is 0. The van der Waals surface area contributed by atoms with E-state index in [0.717, 1.165) is 17.0 Å². The van der Waals surface area contributed by atoms with Crippen LogP contribution in [0.25, 0.3) is 0 Å². The molecule has 0 bridgehead atoms. The first-order valence-electron chi connectivity index (χ1n) is 5.98. The molecule has 0 N–H and O–H groups in total. The summed E-state index contributed by atoms with van der Waals surface area (Å²) < 4.78 is 26.2. The molecule has 3 rings (SSSR count). The van der Waals surface area contributed by atoms with Crippen LogP contribution in [0.15, 0.2) is 42.5 Å². The lowest BCUT2D eigenvalue weighted by atomic mass is 9.98. The first-order chi connectivity index (χ1) is 9.58. The Morgan fingerprint density at radius 3 is 2.45 bits per heavy atom. The number of rotatable bonds is 1. The van der Waals surface area contributed by atoms with Crippen molar-refractivity contribution in [3.05, 3.63) is 65.2 Å². The Balaban J connectivity index is 2.08. The number of imide groups is 1. The number of hydrogen-bond acceptors (Lipinski definition) is 2. The molecule has 0 spiro atoms. The van der Waals surface area contributed by atoms with Crippen molar-refractivity contribution in [2.75, 3.05) is 4.90 Å². The predicted molar refractivity (Wildman–Crippen MR) is 68.3 cm³/mol. The molecule has 1 aliphatic heterocycles. The molecular formula is C15H9F2NO2.